The van der Waals surface area contributed by atoms with Gasteiger partial charge < -0.3 is 10.4 Å². The molecule has 4 heteroatoms. The number of hydrogen-bond donors (Lipinski definition) is 2. The predicted octanol–water partition coefficient (Wildman–Crippen LogP) is 2.81. The molecule has 2 N–H and O–H groups in total. The molecular weight excluding hydrogens is 254 g/mol. The number of carbonyl (C=O) groups excluding carboxylic acids is 1. The van der Waals surface area contributed by atoms with Crippen LogP contribution in [0.25, 0.3) is 0 Å². The van der Waals surface area contributed by atoms with Gasteiger partial charge in [-0.15, -0.1) is 0 Å². The van der Waals surface area contributed by atoms with Gasteiger partial charge in [0, 0.05) is 5.69 Å². The summed E-state index contributed by atoms with van der Waals surface area (Å²) in [6.45, 7) is 3.75. The van der Waals surface area contributed by atoms with E-state index >= 15 is 0 Å². The highest BCUT2D eigenvalue weighted by molar-refractivity contribution is 6.05. The van der Waals surface area contributed by atoms with Crippen molar-refractivity contribution in [3.05, 3.63) is 29.3 Å². The summed E-state index contributed by atoms with van der Waals surface area (Å²) in [5.74, 6) is -0.773. The number of carboxylic acids is 1. The summed E-state index contributed by atoms with van der Waals surface area (Å²) < 4.78 is 0. The van der Waals surface area contributed by atoms with E-state index in [0.29, 0.717) is 12.8 Å². The second kappa shape index (κ2) is 4.08. The first-order valence-corrected chi connectivity index (χ1v) is 7.08. The van der Waals surface area contributed by atoms with Crippen molar-refractivity contribution in [1.29, 1.82) is 0 Å². The number of fused-ring (bicyclic) bond motifs is 1. The predicted molar refractivity (Wildman–Crippen MR) is 75.9 cm³/mol. The number of anilines is 1. The summed E-state index contributed by atoms with van der Waals surface area (Å²) >= 11 is 0. The summed E-state index contributed by atoms with van der Waals surface area (Å²) in [5, 5.41) is 12.5. The molecule has 1 fully saturated rings. The highest BCUT2D eigenvalue weighted by Crippen LogP contribution is 2.45. The molecule has 1 aliphatic heterocycles. The second-order valence-electron chi connectivity index (χ2n) is 6.43. The first-order chi connectivity index (χ1) is 9.38. The monoisotopic (exact) mass is 273 g/mol. The van der Waals surface area contributed by atoms with Gasteiger partial charge in [-0.3, -0.25) is 9.59 Å². The third-order valence-corrected chi connectivity index (χ3v) is 4.93. The molecule has 1 aromatic carbocycles. The summed E-state index contributed by atoms with van der Waals surface area (Å²) in [6.07, 6.45) is 3.26. The Hall–Kier alpha value is -1.84. The van der Waals surface area contributed by atoms with Gasteiger partial charge in [-0.2, -0.15) is 0 Å². The van der Waals surface area contributed by atoms with E-state index in [2.05, 4.69) is 5.32 Å². The van der Waals surface area contributed by atoms with Gasteiger partial charge in [-0.25, -0.2) is 0 Å². The molecule has 0 atom stereocenters. The molecule has 1 saturated carbocycles. The number of aliphatic carboxylic acids is 1. The van der Waals surface area contributed by atoms with Crippen molar-refractivity contribution in [1.82, 2.24) is 0 Å². The van der Waals surface area contributed by atoms with E-state index in [4.69, 9.17) is 0 Å². The zero-order chi connectivity index (χ0) is 14.5. The number of rotatable bonds is 2. The van der Waals surface area contributed by atoms with E-state index in [0.717, 1.165) is 29.7 Å². The van der Waals surface area contributed by atoms with Crippen LogP contribution in [-0.4, -0.2) is 17.0 Å². The van der Waals surface area contributed by atoms with Crippen LogP contribution in [0.4, 0.5) is 5.69 Å². The van der Waals surface area contributed by atoms with Crippen molar-refractivity contribution in [3.63, 3.8) is 0 Å². The molecule has 106 valence electrons. The van der Waals surface area contributed by atoms with Crippen LogP contribution >= 0.6 is 0 Å². The molecule has 4 nitrogen and oxygen atoms in total. The molecular formula is C16H19NO3. The molecule has 1 aliphatic carbocycles. The average Bonchev–Trinajstić information content (AvgIpc) is 2.96. The maximum absolute atomic E-state index is 12.0. The zero-order valence-electron chi connectivity index (χ0n) is 11.8. The first-order valence-electron chi connectivity index (χ1n) is 7.08. The maximum Gasteiger partial charge on any atom is 0.314 e. The second-order valence-corrected chi connectivity index (χ2v) is 6.43. The van der Waals surface area contributed by atoms with Crippen LogP contribution in [0.5, 0.6) is 0 Å². The third-order valence-electron chi connectivity index (χ3n) is 4.93. The molecule has 0 unspecified atom stereocenters. The van der Waals surface area contributed by atoms with E-state index in [1.807, 2.05) is 32.0 Å². The van der Waals surface area contributed by atoms with Gasteiger partial charge in [0.15, 0.2) is 0 Å². The first kappa shape index (κ1) is 13.2. The van der Waals surface area contributed by atoms with E-state index in [9.17, 15) is 14.7 Å². The molecule has 3 rings (SSSR count). The van der Waals surface area contributed by atoms with Crippen LogP contribution in [0.3, 0.4) is 0 Å². The maximum atomic E-state index is 12.0. The van der Waals surface area contributed by atoms with E-state index in [1.165, 1.54) is 0 Å². The lowest BCUT2D eigenvalue weighted by Crippen LogP contribution is -2.33. The Kier molecular flexibility index (Phi) is 2.68. The Morgan fingerprint density at radius 2 is 1.90 bits per heavy atom. The lowest BCUT2D eigenvalue weighted by atomic mass is 9.76. The van der Waals surface area contributed by atoms with Gasteiger partial charge >= 0.3 is 5.97 Å². The molecule has 0 aromatic heterocycles. The molecule has 0 saturated heterocycles. The van der Waals surface area contributed by atoms with Crippen LogP contribution in [0.2, 0.25) is 0 Å². The van der Waals surface area contributed by atoms with Gasteiger partial charge in [-0.1, -0.05) is 25.0 Å². The van der Waals surface area contributed by atoms with Gasteiger partial charge in [0.05, 0.1) is 10.8 Å². The summed E-state index contributed by atoms with van der Waals surface area (Å²) in [7, 11) is 0. The van der Waals surface area contributed by atoms with E-state index in [-0.39, 0.29) is 5.91 Å². The highest BCUT2D eigenvalue weighted by atomic mass is 16.4. The van der Waals surface area contributed by atoms with E-state index in [1.54, 1.807) is 0 Å². The number of nitrogens with one attached hydrogen (secondary N) is 1. The quantitative estimate of drug-likeness (QED) is 0.870. The van der Waals surface area contributed by atoms with Crippen molar-refractivity contribution in [2.24, 2.45) is 0 Å². The van der Waals surface area contributed by atoms with Crippen LogP contribution in [0.1, 0.15) is 50.7 Å². The van der Waals surface area contributed by atoms with Crippen LogP contribution in [0, 0.1) is 0 Å². The van der Waals surface area contributed by atoms with Gasteiger partial charge in [0.1, 0.15) is 0 Å². The summed E-state index contributed by atoms with van der Waals surface area (Å²) in [4.78, 5) is 23.7. The van der Waals surface area contributed by atoms with Gasteiger partial charge in [0.2, 0.25) is 5.91 Å². The number of amides is 1. The largest absolute Gasteiger partial charge is 0.481 e. The van der Waals surface area contributed by atoms with Gasteiger partial charge in [0.25, 0.3) is 0 Å². The number of hydrogen-bond acceptors (Lipinski definition) is 2. The SMILES string of the molecule is CC1(C)C(=O)Nc2ccc(C3(C(=O)O)CCCC3)cc21. The lowest BCUT2D eigenvalue weighted by molar-refractivity contribution is -0.143. The topological polar surface area (TPSA) is 66.4 Å². The number of carboxylic acid groups (broad SMARTS) is 1. The number of carbonyl (C=O) groups is 2. The zero-order valence-corrected chi connectivity index (χ0v) is 11.8. The van der Waals surface area contributed by atoms with Crippen molar-refractivity contribution in [2.45, 2.75) is 50.4 Å². The Morgan fingerprint density at radius 3 is 2.50 bits per heavy atom. The van der Waals surface area contributed by atoms with Crippen molar-refractivity contribution in [2.75, 3.05) is 5.32 Å². The minimum absolute atomic E-state index is 0.0274. The van der Waals surface area contributed by atoms with E-state index < -0.39 is 16.8 Å². The Bertz CT molecular complexity index is 598. The summed E-state index contributed by atoms with van der Waals surface area (Å²) in [5.41, 5.74) is 1.20. The fourth-order valence-electron chi connectivity index (χ4n) is 3.47. The van der Waals surface area contributed by atoms with Crippen LogP contribution in [-0.2, 0) is 20.4 Å². The Labute approximate surface area is 118 Å². The van der Waals surface area contributed by atoms with Crippen LogP contribution in [0.15, 0.2) is 18.2 Å². The molecule has 2 aliphatic rings. The molecule has 1 heterocycles. The average molecular weight is 273 g/mol. The lowest BCUT2D eigenvalue weighted by Gasteiger charge is -2.26. The number of benzene rings is 1. The Balaban J connectivity index is 2.12. The minimum Gasteiger partial charge on any atom is -0.481 e. The fourth-order valence-corrected chi connectivity index (χ4v) is 3.47. The highest BCUT2D eigenvalue weighted by Gasteiger charge is 2.45. The molecule has 0 radical (unpaired) electrons. The summed E-state index contributed by atoms with van der Waals surface area (Å²) in [6, 6.07) is 5.63. The standard InChI is InChI=1S/C16H19NO3/c1-15(2)11-9-10(5-6-12(11)17-13(15)18)16(14(19)20)7-3-4-8-16/h5-6,9H,3-4,7-8H2,1-2H3,(H,17,18)(H,19,20). The fraction of sp³-hybridized carbons (Fsp3) is 0.500. The van der Waals surface area contributed by atoms with Gasteiger partial charge in [-0.05, 0) is 43.9 Å². The van der Waals surface area contributed by atoms with Crippen LogP contribution < -0.4 is 5.32 Å². The minimum atomic E-state index is -0.767. The third kappa shape index (κ3) is 1.60. The molecule has 0 spiro atoms. The van der Waals surface area contributed by atoms with Crippen molar-refractivity contribution >= 4 is 17.6 Å². The van der Waals surface area contributed by atoms with Crippen molar-refractivity contribution in [3.8, 4) is 0 Å². The normalized spacial score (nSPS) is 22.4. The molecule has 1 aromatic rings. The van der Waals surface area contributed by atoms with Crippen molar-refractivity contribution < 1.29 is 14.7 Å². The smallest absolute Gasteiger partial charge is 0.314 e. The Morgan fingerprint density at radius 1 is 1.25 bits per heavy atom. The molecule has 1 amide bonds. The molecule has 20 heavy (non-hydrogen) atoms. The molecule has 0 bridgehead atoms.